The van der Waals surface area contributed by atoms with Crippen molar-refractivity contribution < 1.29 is 9.18 Å². The van der Waals surface area contributed by atoms with Gasteiger partial charge in [0, 0.05) is 5.69 Å². The highest BCUT2D eigenvalue weighted by Crippen LogP contribution is 2.16. The van der Waals surface area contributed by atoms with Gasteiger partial charge in [0.2, 0.25) is 0 Å². The van der Waals surface area contributed by atoms with Crippen molar-refractivity contribution >= 4 is 11.6 Å². The fourth-order valence-corrected chi connectivity index (χ4v) is 1.46. The van der Waals surface area contributed by atoms with Crippen LogP contribution in [0, 0.1) is 24.1 Å². The summed E-state index contributed by atoms with van der Waals surface area (Å²) in [6.45, 7) is 1.69. The number of carbonyl (C=O) groups is 1. The Balaban J connectivity index is 2.23. The third-order valence-electron chi connectivity index (χ3n) is 2.42. The summed E-state index contributed by atoms with van der Waals surface area (Å²) >= 11 is 0. The van der Waals surface area contributed by atoms with E-state index in [-0.39, 0.29) is 11.3 Å². The molecule has 5 nitrogen and oxygen atoms in total. The highest BCUT2D eigenvalue weighted by Gasteiger charge is 2.13. The number of aromatic amines is 1. The Morgan fingerprint density at radius 2 is 2.33 bits per heavy atom. The maximum atomic E-state index is 13.6. The molecular formula is C12H9FN4O. The molecule has 0 aliphatic carbocycles. The van der Waals surface area contributed by atoms with Crippen molar-refractivity contribution in [3.05, 3.63) is 47.0 Å². The SMILES string of the molecule is Cc1[nH]ncc1C(=O)Nc1ccc(C#N)cc1F. The van der Waals surface area contributed by atoms with Crippen LogP contribution in [0.4, 0.5) is 10.1 Å². The van der Waals surface area contributed by atoms with Gasteiger partial charge >= 0.3 is 0 Å². The van der Waals surface area contributed by atoms with Crippen LogP contribution in [0.5, 0.6) is 0 Å². The summed E-state index contributed by atoms with van der Waals surface area (Å²) in [7, 11) is 0. The minimum Gasteiger partial charge on any atom is -0.319 e. The van der Waals surface area contributed by atoms with Gasteiger partial charge in [-0.05, 0) is 25.1 Å². The molecule has 90 valence electrons. The summed E-state index contributed by atoms with van der Waals surface area (Å²) in [4.78, 5) is 11.8. The van der Waals surface area contributed by atoms with Gasteiger partial charge in [0.25, 0.3) is 5.91 Å². The van der Waals surface area contributed by atoms with Crippen molar-refractivity contribution in [3.63, 3.8) is 0 Å². The van der Waals surface area contributed by atoms with Gasteiger partial charge in [0.05, 0.1) is 29.1 Å². The monoisotopic (exact) mass is 244 g/mol. The van der Waals surface area contributed by atoms with Crippen LogP contribution in [0.3, 0.4) is 0 Å². The van der Waals surface area contributed by atoms with E-state index in [0.29, 0.717) is 11.3 Å². The molecule has 0 aliphatic rings. The third-order valence-corrected chi connectivity index (χ3v) is 2.42. The summed E-state index contributed by atoms with van der Waals surface area (Å²) in [5.41, 5.74) is 1.17. The molecule has 0 aliphatic heterocycles. The van der Waals surface area contributed by atoms with E-state index in [2.05, 4.69) is 15.5 Å². The Bertz CT molecular complexity index is 642. The Hall–Kier alpha value is -2.68. The van der Waals surface area contributed by atoms with Crippen LogP contribution in [0.1, 0.15) is 21.6 Å². The Morgan fingerprint density at radius 1 is 1.56 bits per heavy atom. The molecule has 0 bridgehead atoms. The Kier molecular flexibility index (Phi) is 3.06. The first-order valence-electron chi connectivity index (χ1n) is 5.13. The number of hydrogen-bond acceptors (Lipinski definition) is 3. The fraction of sp³-hybridized carbons (Fsp3) is 0.0833. The lowest BCUT2D eigenvalue weighted by atomic mass is 10.2. The van der Waals surface area contributed by atoms with Crippen LogP contribution in [0.2, 0.25) is 0 Å². The van der Waals surface area contributed by atoms with Gasteiger partial charge in [0.1, 0.15) is 5.82 Å². The van der Waals surface area contributed by atoms with Crippen LogP contribution in [-0.4, -0.2) is 16.1 Å². The van der Waals surface area contributed by atoms with E-state index in [1.807, 2.05) is 6.07 Å². The van der Waals surface area contributed by atoms with Crippen molar-refractivity contribution in [1.29, 1.82) is 5.26 Å². The third kappa shape index (κ3) is 2.20. The number of benzene rings is 1. The summed E-state index contributed by atoms with van der Waals surface area (Å²) in [5.74, 6) is -1.10. The number of aromatic nitrogens is 2. The standard InChI is InChI=1S/C12H9FN4O/c1-7-9(6-15-17-7)12(18)16-11-3-2-8(5-14)4-10(11)13/h2-4,6H,1H3,(H,15,17)(H,16,18). The molecule has 0 unspecified atom stereocenters. The first-order valence-corrected chi connectivity index (χ1v) is 5.13. The molecule has 0 fully saturated rings. The van der Waals surface area contributed by atoms with Gasteiger partial charge in [-0.2, -0.15) is 10.4 Å². The van der Waals surface area contributed by atoms with Crippen LogP contribution in [0.15, 0.2) is 24.4 Å². The number of amides is 1. The quantitative estimate of drug-likeness (QED) is 0.847. The molecule has 1 heterocycles. The molecule has 1 aromatic carbocycles. The van der Waals surface area contributed by atoms with E-state index in [1.165, 1.54) is 18.3 Å². The Labute approximate surface area is 102 Å². The van der Waals surface area contributed by atoms with Crippen LogP contribution >= 0.6 is 0 Å². The topological polar surface area (TPSA) is 81.6 Å². The highest BCUT2D eigenvalue weighted by molar-refractivity contribution is 6.04. The average Bonchev–Trinajstić information content (AvgIpc) is 2.78. The van der Waals surface area contributed by atoms with Gasteiger partial charge < -0.3 is 5.32 Å². The van der Waals surface area contributed by atoms with Crippen molar-refractivity contribution in [2.75, 3.05) is 5.32 Å². The van der Waals surface area contributed by atoms with Crippen LogP contribution in [-0.2, 0) is 0 Å². The maximum absolute atomic E-state index is 13.6. The van der Waals surface area contributed by atoms with E-state index in [0.717, 1.165) is 6.07 Å². The van der Waals surface area contributed by atoms with E-state index in [9.17, 15) is 9.18 Å². The summed E-state index contributed by atoms with van der Waals surface area (Å²) in [6.07, 6.45) is 1.37. The predicted octanol–water partition coefficient (Wildman–Crippen LogP) is 1.98. The molecule has 1 amide bonds. The van der Waals surface area contributed by atoms with Crippen molar-refractivity contribution in [2.24, 2.45) is 0 Å². The number of aryl methyl sites for hydroxylation is 1. The number of carbonyl (C=O) groups excluding carboxylic acids is 1. The van der Waals surface area contributed by atoms with E-state index >= 15 is 0 Å². The second-order valence-electron chi connectivity index (χ2n) is 3.67. The normalized spacial score (nSPS) is 9.83. The van der Waals surface area contributed by atoms with Crippen molar-refractivity contribution in [2.45, 2.75) is 6.92 Å². The highest BCUT2D eigenvalue weighted by atomic mass is 19.1. The molecule has 0 atom stereocenters. The molecular weight excluding hydrogens is 235 g/mol. The lowest BCUT2D eigenvalue weighted by molar-refractivity contribution is 0.102. The van der Waals surface area contributed by atoms with Crippen LogP contribution < -0.4 is 5.32 Å². The van der Waals surface area contributed by atoms with Gasteiger partial charge in [0.15, 0.2) is 0 Å². The number of nitrogens with one attached hydrogen (secondary N) is 2. The first kappa shape index (κ1) is 11.8. The second kappa shape index (κ2) is 4.67. The number of halogens is 1. The maximum Gasteiger partial charge on any atom is 0.259 e. The molecule has 1 aromatic heterocycles. The largest absolute Gasteiger partial charge is 0.319 e. The molecule has 0 saturated heterocycles. The van der Waals surface area contributed by atoms with E-state index in [1.54, 1.807) is 6.92 Å². The Morgan fingerprint density at radius 3 is 2.89 bits per heavy atom. The summed E-state index contributed by atoms with van der Waals surface area (Å²) < 4.78 is 13.6. The molecule has 2 rings (SSSR count). The zero-order valence-corrected chi connectivity index (χ0v) is 9.49. The van der Waals surface area contributed by atoms with Gasteiger partial charge in [-0.3, -0.25) is 9.89 Å². The van der Waals surface area contributed by atoms with E-state index in [4.69, 9.17) is 5.26 Å². The molecule has 0 radical (unpaired) electrons. The first-order chi connectivity index (χ1) is 8.61. The minimum absolute atomic E-state index is 0.0274. The molecule has 6 heteroatoms. The zero-order chi connectivity index (χ0) is 13.1. The molecule has 2 aromatic rings. The van der Waals surface area contributed by atoms with Crippen LogP contribution in [0.25, 0.3) is 0 Å². The number of rotatable bonds is 2. The zero-order valence-electron chi connectivity index (χ0n) is 9.49. The van der Waals surface area contributed by atoms with Gasteiger partial charge in [-0.1, -0.05) is 0 Å². The number of nitrogens with zero attached hydrogens (tertiary/aromatic N) is 2. The molecule has 0 spiro atoms. The number of H-pyrrole nitrogens is 1. The van der Waals surface area contributed by atoms with E-state index < -0.39 is 11.7 Å². The summed E-state index contributed by atoms with van der Waals surface area (Å²) in [6, 6.07) is 5.66. The lowest BCUT2D eigenvalue weighted by Gasteiger charge is -2.05. The lowest BCUT2D eigenvalue weighted by Crippen LogP contribution is -2.13. The molecule has 0 saturated carbocycles. The molecule has 2 N–H and O–H groups in total. The summed E-state index contributed by atoms with van der Waals surface area (Å²) in [5, 5.41) is 17.4. The van der Waals surface area contributed by atoms with Crippen molar-refractivity contribution in [1.82, 2.24) is 10.2 Å². The van der Waals surface area contributed by atoms with Gasteiger partial charge in [-0.25, -0.2) is 4.39 Å². The second-order valence-corrected chi connectivity index (χ2v) is 3.67. The predicted molar refractivity (Wildman–Crippen MR) is 62.4 cm³/mol. The molecule has 18 heavy (non-hydrogen) atoms. The average molecular weight is 244 g/mol. The number of hydrogen-bond donors (Lipinski definition) is 2. The number of nitriles is 1. The fourth-order valence-electron chi connectivity index (χ4n) is 1.46. The number of anilines is 1. The van der Waals surface area contributed by atoms with Gasteiger partial charge in [-0.15, -0.1) is 0 Å². The smallest absolute Gasteiger partial charge is 0.259 e. The van der Waals surface area contributed by atoms with Crippen molar-refractivity contribution in [3.8, 4) is 6.07 Å². The minimum atomic E-state index is -0.649.